The summed E-state index contributed by atoms with van der Waals surface area (Å²) in [5.41, 5.74) is 2.30. The van der Waals surface area contributed by atoms with Crippen LogP contribution in [0.2, 0.25) is 5.02 Å². The van der Waals surface area contributed by atoms with Crippen LogP contribution in [0.15, 0.2) is 71.1 Å². The first-order valence-electron chi connectivity index (χ1n) is 6.90. The van der Waals surface area contributed by atoms with Crippen LogP contribution < -0.4 is 5.32 Å². The first kappa shape index (κ1) is 13.9. The van der Waals surface area contributed by atoms with Crippen LogP contribution >= 0.6 is 11.6 Å². The molecule has 0 saturated carbocycles. The van der Waals surface area contributed by atoms with E-state index in [4.69, 9.17) is 16.0 Å². The Morgan fingerprint density at radius 3 is 2.33 bits per heavy atom. The summed E-state index contributed by atoms with van der Waals surface area (Å²) in [6, 6.07) is 22.0. The van der Waals surface area contributed by atoms with E-state index in [1.54, 1.807) is 0 Å². The molecule has 3 heteroatoms. The number of furan rings is 1. The molecule has 0 saturated heterocycles. The van der Waals surface area contributed by atoms with Gasteiger partial charge in [0.25, 0.3) is 0 Å². The summed E-state index contributed by atoms with van der Waals surface area (Å²) in [7, 11) is 0. The predicted octanol–water partition coefficient (Wildman–Crippen LogP) is 4.89. The van der Waals surface area contributed by atoms with Gasteiger partial charge in [-0.15, -0.1) is 0 Å². The lowest BCUT2D eigenvalue weighted by atomic mass is 10.2. The Labute approximate surface area is 129 Å². The highest BCUT2D eigenvalue weighted by Gasteiger charge is 2.04. The van der Waals surface area contributed by atoms with E-state index < -0.39 is 0 Å². The zero-order valence-electron chi connectivity index (χ0n) is 11.6. The van der Waals surface area contributed by atoms with Crippen molar-refractivity contribution in [2.45, 2.75) is 13.1 Å². The highest BCUT2D eigenvalue weighted by atomic mass is 35.5. The number of nitrogens with one attached hydrogen (secondary N) is 1. The molecule has 0 atom stereocenters. The minimum absolute atomic E-state index is 0.711. The molecule has 21 heavy (non-hydrogen) atoms. The molecule has 0 radical (unpaired) electrons. The van der Waals surface area contributed by atoms with Crippen LogP contribution in [0.1, 0.15) is 11.3 Å². The smallest absolute Gasteiger partial charge is 0.134 e. The van der Waals surface area contributed by atoms with Crippen LogP contribution in [0.4, 0.5) is 0 Å². The summed E-state index contributed by atoms with van der Waals surface area (Å²) < 4.78 is 5.84. The van der Waals surface area contributed by atoms with Crippen LogP contribution in [-0.4, -0.2) is 0 Å². The second-order valence-electron chi connectivity index (χ2n) is 4.86. The largest absolute Gasteiger partial charge is 0.460 e. The molecule has 0 unspecified atom stereocenters. The van der Waals surface area contributed by atoms with E-state index >= 15 is 0 Å². The fraction of sp³-hybridized carbons (Fsp3) is 0.111. The molecule has 0 amide bonds. The monoisotopic (exact) mass is 297 g/mol. The van der Waals surface area contributed by atoms with Gasteiger partial charge in [0.05, 0.1) is 6.54 Å². The van der Waals surface area contributed by atoms with Crippen LogP contribution in [-0.2, 0) is 13.1 Å². The summed E-state index contributed by atoms with van der Waals surface area (Å²) in [5, 5.41) is 4.11. The first-order valence-corrected chi connectivity index (χ1v) is 7.28. The third-order valence-corrected chi connectivity index (χ3v) is 3.51. The number of rotatable bonds is 5. The summed E-state index contributed by atoms with van der Waals surface area (Å²) in [6.45, 7) is 1.54. The van der Waals surface area contributed by atoms with E-state index in [1.807, 2.05) is 54.6 Å². The van der Waals surface area contributed by atoms with Gasteiger partial charge in [0.15, 0.2) is 0 Å². The minimum Gasteiger partial charge on any atom is -0.460 e. The molecular formula is C18H16ClNO. The number of hydrogen-bond acceptors (Lipinski definition) is 2. The lowest BCUT2D eigenvalue weighted by Crippen LogP contribution is -2.11. The zero-order valence-corrected chi connectivity index (χ0v) is 12.3. The Balaban J connectivity index is 1.59. The Kier molecular flexibility index (Phi) is 4.39. The summed E-state index contributed by atoms with van der Waals surface area (Å²) in [5.74, 6) is 1.79. The van der Waals surface area contributed by atoms with E-state index in [0.29, 0.717) is 6.54 Å². The molecule has 1 N–H and O–H groups in total. The quantitative estimate of drug-likeness (QED) is 0.725. The van der Waals surface area contributed by atoms with Gasteiger partial charge in [-0.2, -0.15) is 0 Å². The van der Waals surface area contributed by atoms with Crippen molar-refractivity contribution in [3.05, 3.63) is 83.1 Å². The lowest BCUT2D eigenvalue weighted by Gasteiger charge is -2.03. The van der Waals surface area contributed by atoms with Crippen molar-refractivity contribution in [3.63, 3.8) is 0 Å². The van der Waals surface area contributed by atoms with Gasteiger partial charge in [0.1, 0.15) is 11.5 Å². The topological polar surface area (TPSA) is 25.2 Å². The minimum atomic E-state index is 0.711. The highest BCUT2D eigenvalue weighted by Crippen LogP contribution is 2.23. The Morgan fingerprint density at radius 2 is 1.57 bits per heavy atom. The van der Waals surface area contributed by atoms with Gasteiger partial charge in [-0.05, 0) is 42.0 Å². The maximum Gasteiger partial charge on any atom is 0.134 e. The fourth-order valence-electron chi connectivity index (χ4n) is 2.17. The van der Waals surface area contributed by atoms with Crippen molar-refractivity contribution in [1.29, 1.82) is 0 Å². The average Bonchev–Trinajstić information content (AvgIpc) is 2.98. The van der Waals surface area contributed by atoms with E-state index in [9.17, 15) is 0 Å². The second-order valence-corrected chi connectivity index (χ2v) is 5.30. The molecule has 0 spiro atoms. The Hall–Kier alpha value is -2.03. The van der Waals surface area contributed by atoms with Gasteiger partial charge in [-0.3, -0.25) is 0 Å². The molecule has 0 aliphatic rings. The molecule has 3 rings (SSSR count). The highest BCUT2D eigenvalue weighted by molar-refractivity contribution is 6.30. The van der Waals surface area contributed by atoms with Crippen molar-refractivity contribution in [1.82, 2.24) is 5.32 Å². The average molecular weight is 298 g/mol. The van der Waals surface area contributed by atoms with Gasteiger partial charge < -0.3 is 9.73 Å². The molecule has 2 nitrogen and oxygen atoms in total. The van der Waals surface area contributed by atoms with Crippen molar-refractivity contribution < 1.29 is 4.42 Å². The number of halogens is 1. The Morgan fingerprint density at radius 1 is 0.810 bits per heavy atom. The maximum absolute atomic E-state index is 5.89. The van der Waals surface area contributed by atoms with Crippen LogP contribution in [0, 0.1) is 0 Å². The SMILES string of the molecule is Clc1ccc(-c2ccc(CNCc3ccccc3)o2)cc1. The van der Waals surface area contributed by atoms with E-state index in [-0.39, 0.29) is 0 Å². The molecule has 0 bridgehead atoms. The fourth-order valence-corrected chi connectivity index (χ4v) is 2.29. The van der Waals surface area contributed by atoms with Crippen molar-refractivity contribution in [2.75, 3.05) is 0 Å². The van der Waals surface area contributed by atoms with Gasteiger partial charge in [-0.1, -0.05) is 41.9 Å². The number of hydrogen-bond donors (Lipinski definition) is 1. The molecule has 0 aliphatic carbocycles. The zero-order chi connectivity index (χ0) is 14.5. The summed E-state index contributed by atoms with van der Waals surface area (Å²) in [4.78, 5) is 0. The van der Waals surface area contributed by atoms with Gasteiger partial charge in [0, 0.05) is 17.1 Å². The van der Waals surface area contributed by atoms with Crippen molar-refractivity contribution in [2.24, 2.45) is 0 Å². The van der Waals surface area contributed by atoms with Crippen LogP contribution in [0.3, 0.4) is 0 Å². The third-order valence-electron chi connectivity index (χ3n) is 3.26. The molecule has 2 aromatic carbocycles. The third kappa shape index (κ3) is 3.75. The predicted molar refractivity (Wildman–Crippen MR) is 86.1 cm³/mol. The molecule has 106 valence electrons. The van der Waals surface area contributed by atoms with Gasteiger partial charge >= 0.3 is 0 Å². The maximum atomic E-state index is 5.89. The van der Waals surface area contributed by atoms with Gasteiger partial charge in [0.2, 0.25) is 0 Å². The molecule has 3 aromatic rings. The van der Waals surface area contributed by atoms with Gasteiger partial charge in [-0.25, -0.2) is 0 Å². The van der Waals surface area contributed by atoms with Crippen molar-refractivity contribution >= 4 is 11.6 Å². The second kappa shape index (κ2) is 6.61. The van der Waals surface area contributed by atoms with Crippen LogP contribution in [0.5, 0.6) is 0 Å². The van der Waals surface area contributed by atoms with E-state index in [0.717, 1.165) is 28.7 Å². The molecule has 1 aromatic heterocycles. The van der Waals surface area contributed by atoms with E-state index in [2.05, 4.69) is 17.4 Å². The normalized spacial score (nSPS) is 10.7. The summed E-state index contributed by atoms with van der Waals surface area (Å²) >= 11 is 5.89. The molecule has 0 aliphatic heterocycles. The number of benzene rings is 2. The molecular weight excluding hydrogens is 282 g/mol. The lowest BCUT2D eigenvalue weighted by molar-refractivity contribution is 0.493. The molecule has 1 heterocycles. The Bertz CT molecular complexity index is 689. The van der Waals surface area contributed by atoms with E-state index in [1.165, 1.54) is 5.56 Å². The van der Waals surface area contributed by atoms with Crippen molar-refractivity contribution in [3.8, 4) is 11.3 Å². The van der Waals surface area contributed by atoms with Crippen LogP contribution in [0.25, 0.3) is 11.3 Å². The standard InChI is InChI=1S/C18H16ClNO/c19-16-8-6-15(7-9-16)18-11-10-17(21-18)13-20-12-14-4-2-1-3-5-14/h1-11,20H,12-13H2. The molecule has 0 fully saturated rings. The first-order chi connectivity index (χ1) is 10.3. The summed E-state index contributed by atoms with van der Waals surface area (Å²) in [6.07, 6.45) is 0.